The molecular weight excluding hydrogens is 252 g/mol. The number of hydrogen-bond acceptors (Lipinski definition) is 3. The number of carbonyl (C=O) groups is 1. The van der Waals surface area contributed by atoms with E-state index in [0.717, 1.165) is 16.5 Å². The first-order valence-corrected chi connectivity index (χ1v) is 6.17. The van der Waals surface area contributed by atoms with Crippen LogP contribution in [0.2, 0.25) is 0 Å². The fourth-order valence-corrected chi connectivity index (χ4v) is 2.10. The molecule has 0 aliphatic heterocycles. The summed E-state index contributed by atoms with van der Waals surface area (Å²) in [5, 5.41) is 14.5. The minimum atomic E-state index is -0.999. The summed E-state index contributed by atoms with van der Waals surface area (Å²) in [6.07, 6.45) is 2.90. The second kappa shape index (κ2) is 5.01. The number of fused-ring (bicyclic) bond motifs is 1. The van der Waals surface area contributed by atoms with Crippen molar-refractivity contribution in [1.29, 1.82) is 0 Å². The lowest BCUT2D eigenvalue weighted by Crippen LogP contribution is -2.03. The Labute approximate surface area is 115 Å². The van der Waals surface area contributed by atoms with Crippen LogP contribution in [-0.4, -0.2) is 16.1 Å². The quantitative estimate of drug-likeness (QED) is 0.757. The molecule has 0 bridgehead atoms. The summed E-state index contributed by atoms with van der Waals surface area (Å²) < 4.78 is 0. The van der Waals surface area contributed by atoms with Gasteiger partial charge in [-0.25, -0.2) is 4.79 Å². The van der Waals surface area contributed by atoms with Gasteiger partial charge in [0.05, 0.1) is 5.69 Å². The number of carboxylic acids is 1. The Morgan fingerprint density at radius 1 is 1.05 bits per heavy atom. The van der Waals surface area contributed by atoms with Crippen molar-refractivity contribution in [1.82, 2.24) is 4.98 Å². The molecule has 0 aliphatic rings. The third-order valence-corrected chi connectivity index (χ3v) is 3.08. The van der Waals surface area contributed by atoms with E-state index in [-0.39, 0.29) is 5.56 Å². The van der Waals surface area contributed by atoms with Crippen molar-refractivity contribution in [3.8, 4) is 0 Å². The van der Waals surface area contributed by atoms with Gasteiger partial charge in [0.2, 0.25) is 0 Å². The topological polar surface area (TPSA) is 62.2 Å². The highest BCUT2D eigenvalue weighted by Gasteiger charge is 2.09. The molecule has 20 heavy (non-hydrogen) atoms. The molecule has 0 saturated carbocycles. The minimum absolute atomic E-state index is 0.153. The molecule has 0 aliphatic carbocycles. The summed E-state index contributed by atoms with van der Waals surface area (Å²) in [5.41, 5.74) is 1.53. The molecule has 1 heterocycles. The molecule has 0 radical (unpaired) electrons. The van der Waals surface area contributed by atoms with Gasteiger partial charge < -0.3 is 10.4 Å². The molecule has 98 valence electrons. The van der Waals surface area contributed by atoms with Gasteiger partial charge in [0.15, 0.2) is 0 Å². The van der Waals surface area contributed by atoms with Crippen LogP contribution in [0.3, 0.4) is 0 Å². The molecular formula is C16H12N2O2. The highest BCUT2D eigenvalue weighted by molar-refractivity contribution is 5.95. The van der Waals surface area contributed by atoms with E-state index in [4.69, 9.17) is 5.11 Å². The molecule has 0 fully saturated rings. The Bertz CT molecular complexity index is 784. The largest absolute Gasteiger partial charge is 0.478 e. The Balaban J connectivity index is 1.99. The molecule has 3 aromatic rings. The number of carboxylic acid groups (broad SMARTS) is 1. The maximum absolute atomic E-state index is 11.1. The van der Waals surface area contributed by atoms with Gasteiger partial charge in [-0.1, -0.05) is 30.3 Å². The van der Waals surface area contributed by atoms with Crippen molar-refractivity contribution < 1.29 is 9.90 Å². The van der Waals surface area contributed by atoms with Crippen LogP contribution in [0.25, 0.3) is 10.8 Å². The lowest BCUT2D eigenvalue weighted by atomic mass is 10.1. The summed E-state index contributed by atoms with van der Waals surface area (Å²) in [4.78, 5) is 15.0. The second-order valence-electron chi connectivity index (χ2n) is 4.41. The van der Waals surface area contributed by atoms with E-state index >= 15 is 0 Å². The van der Waals surface area contributed by atoms with Gasteiger partial charge >= 0.3 is 5.97 Å². The van der Waals surface area contributed by atoms with E-state index in [2.05, 4.69) is 10.3 Å². The van der Waals surface area contributed by atoms with Crippen LogP contribution in [0.15, 0.2) is 60.9 Å². The second-order valence-corrected chi connectivity index (χ2v) is 4.41. The monoisotopic (exact) mass is 264 g/mol. The van der Waals surface area contributed by atoms with Crippen molar-refractivity contribution in [2.75, 3.05) is 5.32 Å². The summed E-state index contributed by atoms with van der Waals surface area (Å²) in [7, 11) is 0. The van der Waals surface area contributed by atoms with Crippen LogP contribution < -0.4 is 5.32 Å². The van der Waals surface area contributed by atoms with Gasteiger partial charge in [-0.3, -0.25) is 4.98 Å². The number of aromatic nitrogens is 1. The average molecular weight is 264 g/mol. The normalized spacial score (nSPS) is 10.4. The first-order valence-electron chi connectivity index (χ1n) is 6.17. The average Bonchev–Trinajstić information content (AvgIpc) is 2.47. The zero-order valence-electron chi connectivity index (χ0n) is 10.6. The predicted molar refractivity (Wildman–Crippen MR) is 78.4 cm³/mol. The molecule has 4 nitrogen and oxygen atoms in total. The Hall–Kier alpha value is -2.88. The van der Waals surface area contributed by atoms with E-state index in [1.54, 1.807) is 12.3 Å². The summed E-state index contributed by atoms with van der Waals surface area (Å²) in [6.45, 7) is 0. The van der Waals surface area contributed by atoms with E-state index < -0.39 is 5.97 Å². The first kappa shape index (κ1) is 12.2. The van der Waals surface area contributed by atoms with Crippen LogP contribution >= 0.6 is 0 Å². The van der Waals surface area contributed by atoms with Gasteiger partial charge in [-0.15, -0.1) is 0 Å². The summed E-state index contributed by atoms with van der Waals surface area (Å²) >= 11 is 0. The highest BCUT2D eigenvalue weighted by Crippen LogP contribution is 2.24. The molecule has 0 amide bonds. The van der Waals surface area contributed by atoms with Crippen molar-refractivity contribution in [2.45, 2.75) is 0 Å². The van der Waals surface area contributed by atoms with Gasteiger partial charge in [0, 0.05) is 18.1 Å². The van der Waals surface area contributed by atoms with Crippen molar-refractivity contribution in [2.24, 2.45) is 0 Å². The molecule has 0 saturated heterocycles. The van der Waals surface area contributed by atoms with Gasteiger partial charge in [-0.2, -0.15) is 0 Å². The van der Waals surface area contributed by atoms with Crippen molar-refractivity contribution in [3.05, 3.63) is 66.5 Å². The molecule has 0 unspecified atom stereocenters. The number of rotatable bonds is 3. The Morgan fingerprint density at radius 2 is 1.85 bits per heavy atom. The van der Waals surface area contributed by atoms with Gasteiger partial charge in [0.25, 0.3) is 0 Å². The molecule has 3 rings (SSSR count). The van der Waals surface area contributed by atoms with Crippen LogP contribution in [-0.2, 0) is 0 Å². The predicted octanol–water partition coefficient (Wildman–Crippen LogP) is 3.68. The SMILES string of the molecule is O=C(O)c1cnccc1Nc1ccc2ccccc2c1. The van der Waals surface area contributed by atoms with Crippen LogP contribution in [0, 0.1) is 0 Å². The molecule has 2 N–H and O–H groups in total. The van der Waals surface area contributed by atoms with E-state index in [9.17, 15) is 4.79 Å². The number of aromatic carboxylic acids is 1. The summed E-state index contributed by atoms with van der Waals surface area (Å²) in [6, 6.07) is 15.6. The van der Waals surface area contributed by atoms with Crippen molar-refractivity contribution in [3.63, 3.8) is 0 Å². The molecule has 2 aromatic carbocycles. The first-order chi connectivity index (χ1) is 9.74. The lowest BCUT2D eigenvalue weighted by Gasteiger charge is -2.09. The van der Waals surface area contributed by atoms with Gasteiger partial charge in [-0.05, 0) is 29.0 Å². The Morgan fingerprint density at radius 3 is 2.65 bits per heavy atom. The molecule has 0 atom stereocenters. The molecule has 0 spiro atoms. The molecule has 4 heteroatoms. The van der Waals surface area contributed by atoms with Crippen LogP contribution in [0.1, 0.15) is 10.4 Å². The maximum Gasteiger partial charge on any atom is 0.339 e. The third-order valence-electron chi connectivity index (χ3n) is 3.08. The zero-order valence-corrected chi connectivity index (χ0v) is 10.6. The highest BCUT2D eigenvalue weighted by atomic mass is 16.4. The third kappa shape index (κ3) is 2.31. The number of benzene rings is 2. The number of anilines is 2. The van der Waals surface area contributed by atoms with E-state index in [1.165, 1.54) is 6.20 Å². The maximum atomic E-state index is 11.1. The lowest BCUT2D eigenvalue weighted by molar-refractivity contribution is 0.0697. The fraction of sp³-hybridized carbons (Fsp3) is 0. The fourth-order valence-electron chi connectivity index (χ4n) is 2.10. The standard InChI is InChI=1S/C16H12N2O2/c19-16(20)14-10-17-8-7-15(14)18-13-6-5-11-3-1-2-4-12(11)9-13/h1-10H,(H,17,18)(H,19,20). The minimum Gasteiger partial charge on any atom is -0.478 e. The van der Waals surface area contributed by atoms with Crippen LogP contribution in [0.4, 0.5) is 11.4 Å². The number of nitrogens with zero attached hydrogens (tertiary/aromatic N) is 1. The van der Waals surface area contributed by atoms with E-state index in [1.807, 2.05) is 42.5 Å². The van der Waals surface area contributed by atoms with Crippen LogP contribution in [0.5, 0.6) is 0 Å². The number of pyridine rings is 1. The zero-order chi connectivity index (χ0) is 13.9. The number of hydrogen-bond donors (Lipinski definition) is 2. The summed E-state index contributed by atoms with van der Waals surface area (Å²) in [5.74, 6) is -0.999. The number of nitrogens with one attached hydrogen (secondary N) is 1. The smallest absolute Gasteiger partial charge is 0.339 e. The molecule has 1 aromatic heterocycles. The van der Waals surface area contributed by atoms with Crippen molar-refractivity contribution >= 4 is 28.1 Å². The Kier molecular flexibility index (Phi) is 3.05. The van der Waals surface area contributed by atoms with E-state index in [0.29, 0.717) is 5.69 Å². The van der Waals surface area contributed by atoms with Gasteiger partial charge in [0.1, 0.15) is 5.56 Å².